The lowest BCUT2D eigenvalue weighted by Crippen LogP contribution is -2.52. The van der Waals surface area contributed by atoms with Crippen LogP contribution >= 0.6 is 0 Å². The Bertz CT molecular complexity index is 713. The Hall–Kier alpha value is -2.83. The lowest BCUT2D eigenvalue weighted by molar-refractivity contribution is 0.326. The third kappa shape index (κ3) is 4.62. The van der Waals surface area contributed by atoms with Gasteiger partial charge in [-0.1, -0.05) is 6.07 Å². The molecule has 3 heterocycles. The standard InChI is InChI=1S/C19H26N6O/c1-3-26-18-14-16(7-9-22-18)15-23-19(20-2)25-12-10-24(11-13-25)17-6-4-5-8-21-17/h4-9,14H,3,10-13,15H2,1-2H3,(H,20,23). The highest BCUT2D eigenvalue weighted by atomic mass is 16.5. The SMILES string of the molecule is CCOc1cc(CNC(=NC)N2CCN(c3ccccn3)CC2)ccn1. The zero-order chi connectivity index (χ0) is 18.2. The van der Waals surface area contributed by atoms with Crippen molar-refractivity contribution in [2.24, 2.45) is 4.99 Å². The number of pyridine rings is 2. The number of rotatable bonds is 5. The highest BCUT2D eigenvalue weighted by Gasteiger charge is 2.20. The van der Waals surface area contributed by atoms with Crippen LogP contribution in [-0.2, 0) is 6.54 Å². The normalized spacial score (nSPS) is 15.1. The van der Waals surface area contributed by atoms with Crippen LogP contribution in [0.3, 0.4) is 0 Å². The quantitative estimate of drug-likeness (QED) is 0.652. The molecule has 1 N–H and O–H groups in total. The van der Waals surface area contributed by atoms with Gasteiger partial charge in [-0.15, -0.1) is 0 Å². The Balaban J connectivity index is 1.53. The van der Waals surface area contributed by atoms with Crippen LogP contribution in [0.25, 0.3) is 0 Å². The molecule has 0 atom stereocenters. The number of nitrogens with one attached hydrogen (secondary N) is 1. The summed E-state index contributed by atoms with van der Waals surface area (Å²) in [6, 6.07) is 9.98. The van der Waals surface area contributed by atoms with Crippen molar-refractivity contribution >= 4 is 11.8 Å². The molecule has 0 amide bonds. The molecule has 26 heavy (non-hydrogen) atoms. The van der Waals surface area contributed by atoms with E-state index in [0.29, 0.717) is 19.0 Å². The van der Waals surface area contributed by atoms with E-state index in [9.17, 15) is 0 Å². The van der Waals surface area contributed by atoms with Crippen LogP contribution in [0, 0.1) is 0 Å². The van der Waals surface area contributed by atoms with E-state index < -0.39 is 0 Å². The Morgan fingerprint density at radius 2 is 2.00 bits per heavy atom. The molecule has 138 valence electrons. The number of anilines is 1. The third-order valence-corrected chi connectivity index (χ3v) is 4.31. The lowest BCUT2D eigenvalue weighted by atomic mass is 10.2. The summed E-state index contributed by atoms with van der Waals surface area (Å²) in [4.78, 5) is 17.7. The minimum atomic E-state index is 0.617. The molecule has 0 aliphatic carbocycles. The number of aromatic nitrogens is 2. The molecule has 1 aliphatic heterocycles. The van der Waals surface area contributed by atoms with Crippen molar-refractivity contribution in [1.29, 1.82) is 0 Å². The largest absolute Gasteiger partial charge is 0.478 e. The van der Waals surface area contributed by atoms with Crippen molar-refractivity contribution in [2.45, 2.75) is 13.5 Å². The van der Waals surface area contributed by atoms with Crippen molar-refractivity contribution in [2.75, 3.05) is 44.7 Å². The van der Waals surface area contributed by atoms with E-state index in [-0.39, 0.29) is 0 Å². The monoisotopic (exact) mass is 354 g/mol. The Kier molecular flexibility index (Phi) is 6.24. The van der Waals surface area contributed by atoms with Gasteiger partial charge in [0.2, 0.25) is 5.88 Å². The third-order valence-electron chi connectivity index (χ3n) is 4.31. The van der Waals surface area contributed by atoms with E-state index in [2.05, 4.69) is 36.1 Å². The number of aliphatic imine (C=N–C) groups is 1. The van der Waals surface area contributed by atoms with Crippen molar-refractivity contribution in [3.05, 3.63) is 48.3 Å². The first-order valence-electron chi connectivity index (χ1n) is 8.99. The zero-order valence-electron chi connectivity index (χ0n) is 15.4. The van der Waals surface area contributed by atoms with E-state index in [1.807, 2.05) is 44.4 Å². The molecule has 1 fully saturated rings. The highest BCUT2D eigenvalue weighted by Crippen LogP contribution is 2.13. The first-order chi connectivity index (χ1) is 12.8. The van der Waals surface area contributed by atoms with Gasteiger partial charge in [-0.2, -0.15) is 0 Å². The molecule has 0 aromatic carbocycles. The van der Waals surface area contributed by atoms with E-state index in [1.54, 1.807) is 6.20 Å². The van der Waals surface area contributed by atoms with Crippen molar-refractivity contribution in [3.8, 4) is 5.88 Å². The summed E-state index contributed by atoms with van der Waals surface area (Å²) < 4.78 is 5.46. The van der Waals surface area contributed by atoms with Crippen LogP contribution in [0.4, 0.5) is 5.82 Å². The predicted molar refractivity (Wildman–Crippen MR) is 104 cm³/mol. The number of hydrogen-bond acceptors (Lipinski definition) is 5. The molecule has 2 aromatic rings. The van der Waals surface area contributed by atoms with Crippen LogP contribution in [0.1, 0.15) is 12.5 Å². The van der Waals surface area contributed by atoms with Crippen molar-refractivity contribution in [3.63, 3.8) is 0 Å². The highest BCUT2D eigenvalue weighted by molar-refractivity contribution is 5.80. The molecule has 1 saturated heterocycles. The molecule has 0 saturated carbocycles. The topological polar surface area (TPSA) is 65.9 Å². The fourth-order valence-electron chi connectivity index (χ4n) is 2.99. The molecule has 7 heteroatoms. The Morgan fingerprint density at radius 1 is 1.15 bits per heavy atom. The minimum absolute atomic E-state index is 0.617. The smallest absolute Gasteiger partial charge is 0.213 e. The number of piperazine rings is 1. The molecule has 7 nitrogen and oxygen atoms in total. The summed E-state index contributed by atoms with van der Waals surface area (Å²) in [6.45, 7) is 6.96. The van der Waals surface area contributed by atoms with Crippen molar-refractivity contribution in [1.82, 2.24) is 20.2 Å². The fraction of sp³-hybridized carbons (Fsp3) is 0.421. The van der Waals surface area contributed by atoms with Gasteiger partial charge in [-0.3, -0.25) is 4.99 Å². The zero-order valence-corrected chi connectivity index (χ0v) is 15.4. The van der Waals surface area contributed by atoms with Crippen molar-refractivity contribution < 1.29 is 4.74 Å². The molecule has 0 unspecified atom stereocenters. The predicted octanol–water partition coefficient (Wildman–Crippen LogP) is 1.77. The van der Waals surface area contributed by atoms with Gasteiger partial charge in [0.15, 0.2) is 5.96 Å². The molecule has 3 rings (SSSR count). The van der Waals surface area contributed by atoms with Crippen LogP contribution in [0.5, 0.6) is 5.88 Å². The van der Waals surface area contributed by atoms with Gasteiger partial charge in [0, 0.05) is 58.2 Å². The molecular weight excluding hydrogens is 328 g/mol. The number of hydrogen-bond donors (Lipinski definition) is 1. The first-order valence-corrected chi connectivity index (χ1v) is 8.99. The summed E-state index contributed by atoms with van der Waals surface area (Å²) in [5.41, 5.74) is 1.12. The maximum atomic E-state index is 5.46. The molecular formula is C19H26N6O. The fourth-order valence-corrected chi connectivity index (χ4v) is 2.99. The number of ether oxygens (including phenoxy) is 1. The van der Waals surface area contributed by atoms with Gasteiger partial charge < -0.3 is 19.9 Å². The minimum Gasteiger partial charge on any atom is -0.478 e. The van der Waals surface area contributed by atoms with Gasteiger partial charge in [0.1, 0.15) is 5.82 Å². The van der Waals surface area contributed by atoms with E-state index in [0.717, 1.165) is 43.5 Å². The summed E-state index contributed by atoms with van der Waals surface area (Å²) in [5.74, 6) is 2.61. The van der Waals surface area contributed by atoms with Gasteiger partial charge in [-0.05, 0) is 30.7 Å². The van der Waals surface area contributed by atoms with E-state index in [4.69, 9.17) is 4.74 Å². The van der Waals surface area contributed by atoms with Crippen LogP contribution < -0.4 is 15.0 Å². The average molecular weight is 354 g/mol. The summed E-state index contributed by atoms with van der Waals surface area (Å²) >= 11 is 0. The second kappa shape index (κ2) is 9.03. The van der Waals surface area contributed by atoms with Gasteiger partial charge >= 0.3 is 0 Å². The molecule has 2 aromatic heterocycles. The van der Waals surface area contributed by atoms with E-state index in [1.165, 1.54) is 0 Å². The number of nitrogens with zero attached hydrogens (tertiary/aromatic N) is 5. The first kappa shape index (κ1) is 18.0. The Labute approximate surface area is 154 Å². The molecule has 0 bridgehead atoms. The summed E-state index contributed by atoms with van der Waals surface area (Å²) in [6.07, 6.45) is 3.61. The van der Waals surface area contributed by atoms with Crippen LogP contribution in [0.15, 0.2) is 47.7 Å². The lowest BCUT2D eigenvalue weighted by Gasteiger charge is -2.37. The van der Waals surface area contributed by atoms with Crippen LogP contribution in [0.2, 0.25) is 0 Å². The molecule has 0 spiro atoms. The van der Waals surface area contributed by atoms with Crippen LogP contribution in [-0.4, -0.2) is 60.7 Å². The second-order valence-corrected chi connectivity index (χ2v) is 6.00. The molecule has 1 aliphatic rings. The number of guanidine groups is 1. The van der Waals surface area contributed by atoms with E-state index >= 15 is 0 Å². The average Bonchev–Trinajstić information content (AvgIpc) is 2.70. The second-order valence-electron chi connectivity index (χ2n) is 6.00. The van der Waals surface area contributed by atoms with Gasteiger partial charge in [0.05, 0.1) is 6.61 Å². The van der Waals surface area contributed by atoms with Gasteiger partial charge in [-0.25, -0.2) is 9.97 Å². The Morgan fingerprint density at radius 3 is 2.69 bits per heavy atom. The molecule has 0 radical (unpaired) electrons. The summed E-state index contributed by atoms with van der Waals surface area (Å²) in [7, 11) is 1.83. The summed E-state index contributed by atoms with van der Waals surface area (Å²) in [5, 5.41) is 3.44. The maximum Gasteiger partial charge on any atom is 0.213 e. The maximum absolute atomic E-state index is 5.46. The van der Waals surface area contributed by atoms with Gasteiger partial charge in [0.25, 0.3) is 0 Å².